The first-order chi connectivity index (χ1) is 9.11. The van der Waals surface area contributed by atoms with Crippen LogP contribution in [0.25, 0.3) is 0 Å². The quantitative estimate of drug-likeness (QED) is 0.794. The van der Waals surface area contributed by atoms with Crippen molar-refractivity contribution in [2.75, 3.05) is 40.3 Å². The van der Waals surface area contributed by atoms with Crippen molar-refractivity contribution in [1.82, 2.24) is 15.1 Å². The summed E-state index contributed by atoms with van der Waals surface area (Å²) in [5.41, 5.74) is 0. The van der Waals surface area contributed by atoms with Gasteiger partial charge in [-0.1, -0.05) is 26.7 Å². The van der Waals surface area contributed by atoms with E-state index in [4.69, 9.17) is 0 Å². The highest BCUT2D eigenvalue weighted by molar-refractivity contribution is 4.90. The predicted molar refractivity (Wildman–Crippen MR) is 82.5 cm³/mol. The first kappa shape index (κ1) is 15.3. The lowest BCUT2D eigenvalue weighted by Gasteiger charge is -2.29. The summed E-state index contributed by atoms with van der Waals surface area (Å²) in [5, 5.41) is 3.76. The van der Waals surface area contributed by atoms with Gasteiger partial charge in [0.05, 0.1) is 0 Å². The van der Waals surface area contributed by atoms with Gasteiger partial charge in [0.2, 0.25) is 0 Å². The largest absolute Gasteiger partial charge is 0.313 e. The van der Waals surface area contributed by atoms with E-state index >= 15 is 0 Å². The molecule has 3 unspecified atom stereocenters. The van der Waals surface area contributed by atoms with E-state index in [1.165, 1.54) is 45.3 Å². The van der Waals surface area contributed by atoms with Crippen LogP contribution in [0.2, 0.25) is 0 Å². The molecule has 1 aliphatic carbocycles. The normalized spacial score (nSPS) is 31.4. The predicted octanol–water partition coefficient (Wildman–Crippen LogP) is 2.04. The second-order valence-electron chi connectivity index (χ2n) is 6.94. The fourth-order valence-corrected chi connectivity index (χ4v) is 4.15. The number of nitrogens with one attached hydrogen (secondary N) is 1. The van der Waals surface area contributed by atoms with Gasteiger partial charge in [0.1, 0.15) is 0 Å². The molecule has 0 bridgehead atoms. The molecule has 2 rings (SSSR count). The van der Waals surface area contributed by atoms with Crippen LogP contribution in [0, 0.1) is 11.8 Å². The molecule has 0 spiro atoms. The zero-order chi connectivity index (χ0) is 13.8. The molecular formula is C16H33N3. The maximum Gasteiger partial charge on any atom is 0.0254 e. The van der Waals surface area contributed by atoms with Gasteiger partial charge in [0.25, 0.3) is 0 Å². The minimum Gasteiger partial charge on any atom is -0.313 e. The van der Waals surface area contributed by atoms with Gasteiger partial charge in [-0.2, -0.15) is 0 Å². The van der Waals surface area contributed by atoms with E-state index in [2.05, 4.69) is 43.1 Å². The topological polar surface area (TPSA) is 18.5 Å². The maximum absolute atomic E-state index is 3.76. The molecule has 0 radical (unpaired) electrons. The molecule has 1 saturated heterocycles. The Kier molecular flexibility index (Phi) is 5.67. The fraction of sp³-hybridized carbons (Fsp3) is 1.00. The zero-order valence-electron chi connectivity index (χ0n) is 13.4. The average Bonchev–Trinajstić information content (AvgIpc) is 2.97. The molecule has 2 fully saturated rings. The van der Waals surface area contributed by atoms with Gasteiger partial charge in [0, 0.05) is 31.7 Å². The molecule has 1 heterocycles. The maximum atomic E-state index is 3.76. The Hall–Kier alpha value is -0.120. The van der Waals surface area contributed by atoms with Crippen molar-refractivity contribution < 1.29 is 0 Å². The summed E-state index contributed by atoms with van der Waals surface area (Å²) in [6, 6.07) is 1.46. The number of hydrogen-bond acceptors (Lipinski definition) is 3. The lowest BCUT2D eigenvalue weighted by atomic mass is 9.97. The van der Waals surface area contributed by atoms with Crippen LogP contribution in [0.1, 0.15) is 39.5 Å². The molecule has 3 heteroatoms. The van der Waals surface area contributed by atoms with Crippen LogP contribution >= 0.6 is 0 Å². The average molecular weight is 267 g/mol. The van der Waals surface area contributed by atoms with Crippen LogP contribution in [0.15, 0.2) is 0 Å². The first-order valence-electron chi connectivity index (χ1n) is 8.24. The summed E-state index contributed by atoms with van der Waals surface area (Å²) in [6.45, 7) is 9.55. The highest BCUT2D eigenvalue weighted by Crippen LogP contribution is 2.29. The van der Waals surface area contributed by atoms with Crippen molar-refractivity contribution in [2.24, 2.45) is 11.8 Å². The van der Waals surface area contributed by atoms with Gasteiger partial charge in [-0.05, 0) is 45.3 Å². The minimum absolute atomic E-state index is 0.723. The Bertz CT molecular complexity index is 261. The van der Waals surface area contributed by atoms with Crippen LogP contribution in [0.3, 0.4) is 0 Å². The van der Waals surface area contributed by atoms with Gasteiger partial charge >= 0.3 is 0 Å². The highest BCUT2D eigenvalue weighted by atomic mass is 15.2. The summed E-state index contributed by atoms with van der Waals surface area (Å²) in [5.74, 6) is 1.73. The molecule has 3 atom stereocenters. The summed E-state index contributed by atoms with van der Waals surface area (Å²) >= 11 is 0. The van der Waals surface area contributed by atoms with Crippen molar-refractivity contribution >= 4 is 0 Å². The molecular weight excluding hydrogens is 234 g/mol. The number of likely N-dealkylation sites (N-methyl/N-ethyl adjacent to an activating group) is 2. The molecule has 0 aromatic rings. The molecule has 1 N–H and O–H groups in total. The molecule has 1 aliphatic heterocycles. The van der Waals surface area contributed by atoms with E-state index < -0.39 is 0 Å². The highest BCUT2D eigenvalue weighted by Gasteiger charge is 2.33. The number of nitrogens with zero attached hydrogens (tertiary/aromatic N) is 2. The van der Waals surface area contributed by atoms with Crippen LogP contribution < -0.4 is 5.32 Å². The first-order valence-corrected chi connectivity index (χ1v) is 8.24. The van der Waals surface area contributed by atoms with Crippen molar-refractivity contribution in [2.45, 2.75) is 51.6 Å². The van der Waals surface area contributed by atoms with E-state index in [0.29, 0.717) is 0 Å². The third kappa shape index (κ3) is 3.93. The van der Waals surface area contributed by atoms with Gasteiger partial charge in [-0.25, -0.2) is 0 Å². The van der Waals surface area contributed by atoms with Crippen molar-refractivity contribution in [3.63, 3.8) is 0 Å². The van der Waals surface area contributed by atoms with Gasteiger partial charge in [-0.3, -0.25) is 4.90 Å². The smallest absolute Gasteiger partial charge is 0.0254 e. The van der Waals surface area contributed by atoms with E-state index in [-0.39, 0.29) is 0 Å². The number of hydrogen-bond donors (Lipinski definition) is 1. The Morgan fingerprint density at radius 3 is 2.42 bits per heavy atom. The molecule has 1 saturated carbocycles. The summed E-state index contributed by atoms with van der Waals surface area (Å²) in [7, 11) is 4.45. The van der Waals surface area contributed by atoms with Crippen molar-refractivity contribution in [1.29, 1.82) is 0 Å². The van der Waals surface area contributed by atoms with Gasteiger partial charge in [-0.15, -0.1) is 0 Å². The Morgan fingerprint density at radius 1 is 1.21 bits per heavy atom. The fourth-order valence-electron chi connectivity index (χ4n) is 4.15. The second-order valence-corrected chi connectivity index (χ2v) is 6.94. The van der Waals surface area contributed by atoms with Crippen LogP contribution in [-0.4, -0.2) is 62.2 Å². The van der Waals surface area contributed by atoms with Crippen LogP contribution in [0.4, 0.5) is 0 Å². The summed E-state index contributed by atoms with van der Waals surface area (Å²) in [6.07, 6.45) is 5.78. The molecule has 0 aromatic carbocycles. The summed E-state index contributed by atoms with van der Waals surface area (Å²) < 4.78 is 0. The molecule has 3 nitrogen and oxygen atoms in total. The second kappa shape index (κ2) is 7.05. The van der Waals surface area contributed by atoms with Crippen molar-refractivity contribution in [3.05, 3.63) is 0 Å². The van der Waals surface area contributed by atoms with Crippen molar-refractivity contribution in [3.8, 4) is 0 Å². The molecule has 0 amide bonds. The molecule has 112 valence electrons. The van der Waals surface area contributed by atoms with E-state index in [1.807, 2.05) is 0 Å². The van der Waals surface area contributed by atoms with Gasteiger partial charge < -0.3 is 10.2 Å². The zero-order valence-corrected chi connectivity index (χ0v) is 13.4. The minimum atomic E-state index is 0.723. The lowest BCUT2D eigenvalue weighted by molar-refractivity contribution is 0.221. The van der Waals surface area contributed by atoms with Crippen LogP contribution in [-0.2, 0) is 0 Å². The Labute approximate surface area is 119 Å². The molecule has 19 heavy (non-hydrogen) atoms. The monoisotopic (exact) mass is 267 g/mol. The number of likely N-dealkylation sites (tertiary alicyclic amines) is 1. The number of rotatable bonds is 6. The third-order valence-corrected chi connectivity index (χ3v) is 5.20. The Morgan fingerprint density at radius 2 is 1.89 bits per heavy atom. The lowest BCUT2D eigenvalue weighted by Crippen LogP contribution is -2.45. The standard InChI is InChI=1S/C16H33N3/c1-5-17-15(14-8-6-7-9-14)11-19-10-13(2)16(12-19)18(3)4/h13-17H,5-12H2,1-4H3. The van der Waals surface area contributed by atoms with E-state index in [1.54, 1.807) is 0 Å². The summed E-state index contributed by atoms with van der Waals surface area (Å²) in [4.78, 5) is 5.10. The molecule has 0 aromatic heterocycles. The van der Waals surface area contributed by atoms with E-state index in [0.717, 1.165) is 30.5 Å². The SMILES string of the molecule is CCNC(CN1CC(C)C(N(C)C)C1)C1CCCC1. The van der Waals surface area contributed by atoms with Crippen LogP contribution in [0.5, 0.6) is 0 Å². The molecule has 2 aliphatic rings. The third-order valence-electron chi connectivity index (χ3n) is 5.20. The van der Waals surface area contributed by atoms with Gasteiger partial charge in [0.15, 0.2) is 0 Å². The van der Waals surface area contributed by atoms with E-state index in [9.17, 15) is 0 Å². The Balaban J connectivity index is 1.87.